The van der Waals surface area contributed by atoms with Gasteiger partial charge in [-0.1, -0.05) is 17.7 Å². The number of rotatable bonds is 4. The van der Waals surface area contributed by atoms with Crippen LogP contribution in [0.2, 0.25) is 0 Å². The average molecular weight is 367 g/mol. The van der Waals surface area contributed by atoms with Crippen LogP contribution < -0.4 is 11.1 Å². The van der Waals surface area contributed by atoms with Gasteiger partial charge in [-0.05, 0) is 45.7 Å². The third-order valence-electron chi connectivity index (χ3n) is 4.23. The van der Waals surface area contributed by atoms with Gasteiger partial charge in [0.2, 0.25) is 21.8 Å². The summed E-state index contributed by atoms with van der Waals surface area (Å²) in [4.78, 5) is 24.0. The maximum absolute atomic E-state index is 13.4. The van der Waals surface area contributed by atoms with Crippen molar-refractivity contribution < 1.29 is 18.0 Å². The number of nitrogens with zero attached hydrogens (tertiary/aromatic N) is 1. The number of primary amides is 1. The van der Waals surface area contributed by atoms with Gasteiger partial charge in [0, 0.05) is 12.1 Å². The number of aryl methyl sites for hydroxylation is 3. The fourth-order valence-electron chi connectivity index (χ4n) is 3.42. The Morgan fingerprint density at radius 1 is 1.28 bits per heavy atom. The quantitative estimate of drug-likeness (QED) is 0.818. The van der Waals surface area contributed by atoms with Crippen molar-refractivity contribution in [1.82, 2.24) is 9.62 Å². The Labute approximate surface area is 148 Å². The van der Waals surface area contributed by atoms with Crippen LogP contribution in [0.15, 0.2) is 17.0 Å². The van der Waals surface area contributed by atoms with E-state index in [9.17, 15) is 18.0 Å². The molecule has 1 aliphatic rings. The highest BCUT2D eigenvalue weighted by Crippen LogP contribution is 2.30. The van der Waals surface area contributed by atoms with E-state index in [1.807, 2.05) is 6.92 Å². The minimum absolute atomic E-state index is 0.0613. The van der Waals surface area contributed by atoms with Crippen molar-refractivity contribution in [2.24, 2.45) is 5.73 Å². The Morgan fingerprint density at radius 2 is 1.80 bits per heavy atom. The van der Waals surface area contributed by atoms with E-state index in [0.717, 1.165) is 9.87 Å². The first kappa shape index (κ1) is 19.4. The molecule has 0 spiro atoms. The molecule has 1 saturated heterocycles. The zero-order valence-corrected chi connectivity index (χ0v) is 16.0. The molecule has 1 unspecified atom stereocenters. The lowest BCUT2D eigenvalue weighted by atomic mass is 9.99. The molecule has 0 bridgehead atoms. The molecule has 0 saturated carbocycles. The van der Waals surface area contributed by atoms with E-state index in [-0.39, 0.29) is 17.9 Å². The summed E-state index contributed by atoms with van der Waals surface area (Å²) in [5.41, 5.74) is 6.67. The topological polar surface area (TPSA) is 110 Å². The van der Waals surface area contributed by atoms with Crippen molar-refractivity contribution >= 4 is 21.8 Å². The monoisotopic (exact) mass is 367 g/mol. The molecule has 1 fully saturated rings. The Bertz CT molecular complexity index is 807. The van der Waals surface area contributed by atoms with Crippen LogP contribution in [0.5, 0.6) is 0 Å². The van der Waals surface area contributed by atoms with Gasteiger partial charge >= 0.3 is 0 Å². The minimum atomic E-state index is -3.97. The molecule has 0 aromatic heterocycles. The molecule has 0 aliphatic carbocycles. The molecule has 0 radical (unpaired) electrons. The highest BCUT2D eigenvalue weighted by Gasteiger charge is 2.46. The summed E-state index contributed by atoms with van der Waals surface area (Å²) in [6, 6.07) is 2.44. The van der Waals surface area contributed by atoms with Crippen molar-refractivity contribution in [3.63, 3.8) is 0 Å². The van der Waals surface area contributed by atoms with E-state index in [4.69, 9.17) is 5.73 Å². The zero-order valence-electron chi connectivity index (χ0n) is 15.2. The summed E-state index contributed by atoms with van der Waals surface area (Å²) in [6.45, 7) is 8.89. The summed E-state index contributed by atoms with van der Waals surface area (Å²) in [6.07, 6.45) is -0.356. The highest BCUT2D eigenvalue weighted by atomic mass is 32.2. The lowest BCUT2D eigenvalue weighted by molar-refractivity contribution is -0.133. The maximum Gasteiger partial charge on any atom is 0.244 e. The van der Waals surface area contributed by atoms with Crippen molar-refractivity contribution in [1.29, 1.82) is 0 Å². The van der Waals surface area contributed by atoms with Crippen LogP contribution in [0, 0.1) is 20.8 Å². The Hall–Kier alpha value is -1.93. The molecule has 2 rings (SSSR count). The standard InChI is InChI=1S/C17H25N3O4S/c1-10-6-11(2)15(12(3)7-10)25(23,24)20-9-17(4,5)19-16(22)13(20)8-14(18)21/h6-7,13H,8-9H2,1-5H3,(H2,18,21)(H,19,22). The molecule has 8 heteroatoms. The smallest absolute Gasteiger partial charge is 0.244 e. The second kappa shape index (κ2) is 6.42. The molecular weight excluding hydrogens is 342 g/mol. The zero-order chi connectivity index (χ0) is 19.2. The van der Waals surface area contributed by atoms with Gasteiger partial charge in [-0.15, -0.1) is 0 Å². The fraction of sp³-hybridized carbons (Fsp3) is 0.529. The molecular formula is C17H25N3O4S. The lowest BCUT2D eigenvalue weighted by Gasteiger charge is -2.42. The number of carbonyl (C=O) groups is 2. The van der Waals surface area contributed by atoms with E-state index in [0.29, 0.717) is 11.1 Å². The van der Waals surface area contributed by atoms with Crippen LogP contribution >= 0.6 is 0 Å². The molecule has 138 valence electrons. The summed E-state index contributed by atoms with van der Waals surface area (Å²) in [5.74, 6) is -1.24. The Morgan fingerprint density at radius 3 is 2.28 bits per heavy atom. The Balaban J connectivity index is 2.61. The number of hydrogen-bond acceptors (Lipinski definition) is 4. The van der Waals surface area contributed by atoms with Gasteiger partial charge in [0.05, 0.1) is 11.3 Å². The van der Waals surface area contributed by atoms with Crippen molar-refractivity contribution in [2.75, 3.05) is 6.54 Å². The molecule has 2 amide bonds. The van der Waals surface area contributed by atoms with Gasteiger partial charge in [-0.25, -0.2) is 8.42 Å². The van der Waals surface area contributed by atoms with Crippen LogP contribution in [0.4, 0.5) is 0 Å². The summed E-state index contributed by atoms with van der Waals surface area (Å²) >= 11 is 0. The second-order valence-electron chi connectivity index (χ2n) is 7.34. The fourth-order valence-corrected chi connectivity index (χ4v) is 5.58. The number of sulfonamides is 1. The van der Waals surface area contributed by atoms with E-state index in [2.05, 4.69) is 5.32 Å². The lowest BCUT2D eigenvalue weighted by Crippen LogP contribution is -2.66. The minimum Gasteiger partial charge on any atom is -0.370 e. The SMILES string of the molecule is Cc1cc(C)c(S(=O)(=O)N2CC(C)(C)NC(=O)C2CC(N)=O)c(C)c1. The summed E-state index contributed by atoms with van der Waals surface area (Å²) < 4.78 is 27.8. The van der Waals surface area contributed by atoms with Gasteiger partial charge in [-0.2, -0.15) is 4.31 Å². The van der Waals surface area contributed by atoms with Crippen LogP contribution in [-0.4, -0.2) is 42.7 Å². The first-order valence-corrected chi connectivity index (χ1v) is 9.49. The molecule has 1 atom stereocenters. The van der Waals surface area contributed by atoms with Crippen molar-refractivity contribution in [3.8, 4) is 0 Å². The summed E-state index contributed by atoms with van der Waals surface area (Å²) in [5, 5.41) is 2.75. The molecule has 25 heavy (non-hydrogen) atoms. The van der Waals surface area contributed by atoms with Gasteiger partial charge in [0.15, 0.2) is 0 Å². The van der Waals surface area contributed by atoms with Crippen LogP contribution in [0.25, 0.3) is 0 Å². The maximum atomic E-state index is 13.4. The van der Waals surface area contributed by atoms with E-state index < -0.39 is 33.4 Å². The molecule has 7 nitrogen and oxygen atoms in total. The van der Waals surface area contributed by atoms with Gasteiger partial charge < -0.3 is 11.1 Å². The first-order valence-electron chi connectivity index (χ1n) is 8.05. The number of amides is 2. The number of benzene rings is 1. The third-order valence-corrected chi connectivity index (χ3v) is 6.39. The van der Waals surface area contributed by atoms with E-state index >= 15 is 0 Å². The first-order chi connectivity index (χ1) is 11.3. The van der Waals surface area contributed by atoms with E-state index in [1.165, 1.54) is 0 Å². The second-order valence-corrected chi connectivity index (χ2v) is 9.16. The molecule has 1 aliphatic heterocycles. The number of piperazine rings is 1. The Kier molecular flexibility index (Phi) is 4.98. The van der Waals surface area contributed by atoms with Crippen LogP contribution in [0.3, 0.4) is 0 Å². The third kappa shape index (κ3) is 3.85. The van der Waals surface area contributed by atoms with Crippen molar-refractivity contribution in [3.05, 3.63) is 28.8 Å². The molecule has 1 aromatic rings. The summed E-state index contributed by atoms with van der Waals surface area (Å²) in [7, 11) is -3.97. The number of carbonyl (C=O) groups excluding carboxylic acids is 2. The predicted molar refractivity (Wildman–Crippen MR) is 94.4 cm³/mol. The van der Waals surface area contributed by atoms with Crippen LogP contribution in [0.1, 0.15) is 37.0 Å². The number of nitrogens with two attached hydrogens (primary N) is 1. The van der Waals surface area contributed by atoms with Crippen molar-refractivity contribution in [2.45, 2.75) is 57.5 Å². The highest BCUT2D eigenvalue weighted by molar-refractivity contribution is 7.89. The largest absolute Gasteiger partial charge is 0.370 e. The van der Waals surface area contributed by atoms with Crippen LogP contribution in [-0.2, 0) is 19.6 Å². The van der Waals surface area contributed by atoms with Gasteiger partial charge in [0.25, 0.3) is 0 Å². The molecule has 3 N–H and O–H groups in total. The molecule has 1 heterocycles. The predicted octanol–water partition coefficient (Wildman–Crippen LogP) is 0.755. The number of nitrogens with one attached hydrogen (secondary N) is 1. The number of hydrogen-bond donors (Lipinski definition) is 2. The van der Waals surface area contributed by atoms with Gasteiger partial charge in [0.1, 0.15) is 6.04 Å². The van der Waals surface area contributed by atoms with Gasteiger partial charge in [-0.3, -0.25) is 9.59 Å². The molecule has 1 aromatic carbocycles. The normalized spacial score (nSPS) is 21.0. The van der Waals surface area contributed by atoms with E-state index in [1.54, 1.807) is 39.8 Å². The average Bonchev–Trinajstić information content (AvgIpc) is 2.38.